The second kappa shape index (κ2) is 21.4. The Morgan fingerprint density at radius 2 is 1.58 bits per heavy atom. The van der Waals surface area contributed by atoms with Crippen molar-refractivity contribution in [3.63, 3.8) is 0 Å². The average molecular weight is 732 g/mol. The van der Waals surface area contributed by atoms with Gasteiger partial charge in [-0.2, -0.15) is 0 Å². The molecule has 1 aliphatic carbocycles. The van der Waals surface area contributed by atoms with Crippen molar-refractivity contribution in [2.75, 3.05) is 13.6 Å². The van der Waals surface area contributed by atoms with Gasteiger partial charge >= 0.3 is 0 Å². The predicted molar refractivity (Wildman–Crippen MR) is 205 cm³/mol. The number of nitrogens with one attached hydrogen (secondary N) is 3. The average Bonchev–Trinajstić information content (AvgIpc) is 3.67. The number of rotatable bonds is 20. The standard InChI is InChI=1S/C41H57N5O5S/c1-4-20-42-39(49)29(2)21-37(47)35(23-31-16-10-6-11-17-31)44-41(51)36(25-34-27-52-28-43-34)45-40(50)33(22-30-14-8-5-9-15-30)24-38(48)46(3)26-32-18-12-7-13-19-32/h5,7-9,12-15,18-19,27-29,31,33,35-37,47H,4,6,10-11,16-17,20-26H2,1-3H3,(H,42,49)(H,44,51)(H,45,50)/t29?,33?,35?,36-,37?/m0/s1. The summed E-state index contributed by atoms with van der Waals surface area (Å²) < 4.78 is 0. The summed E-state index contributed by atoms with van der Waals surface area (Å²) in [5.41, 5.74) is 4.25. The molecular formula is C41H57N5O5S. The summed E-state index contributed by atoms with van der Waals surface area (Å²) in [6.07, 6.45) is 6.57. The molecule has 0 spiro atoms. The second-order valence-electron chi connectivity index (χ2n) is 14.4. The summed E-state index contributed by atoms with van der Waals surface area (Å²) in [6, 6.07) is 17.7. The maximum absolute atomic E-state index is 14.2. The van der Waals surface area contributed by atoms with Crippen LogP contribution in [0, 0.1) is 17.8 Å². The number of carbonyl (C=O) groups is 4. The first-order chi connectivity index (χ1) is 25.1. The number of nitrogens with zero attached hydrogens (tertiary/aromatic N) is 2. The van der Waals surface area contributed by atoms with Crippen LogP contribution in [0.25, 0.3) is 0 Å². The number of thiazole rings is 1. The minimum Gasteiger partial charge on any atom is -0.391 e. The van der Waals surface area contributed by atoms with Crippen molar-refractivity contribution in [3.05, 3.63) is 88.4 Å². The van der Waals surface area contributed by atoms with E-state index in [1.165, 1.54) is 17.8 Å². The fourth-order valence-electron chi connectivity index (χ4n) is 6.95. The fourth-order valence-corrected chi connectivity index (χ4v) is 7.52. The van der Waals surface area contributed by atoms with Crippen molar-refractivity contribution >= 4 is 35.0 Å². The molecule has 0 bridgehead atoms. The molecule has 1 fully saturated rings. The summed E-state index contributed by atoms with van der Waals surface area (Å²) in [7, 11) is 1.73. The molecule has 1 saturated carbocycles. The van der Waals surface area contributed by atoms with Crippen molar-refractivity contribution in [2.45, 2.75) is 109 Å². The first-order valence-corrected chi connectivity index (χ1v) is 19.8. The predicted octanol–water partition coefficient (Wildman–Crippen LogP) is 5.45. The third-order valence-electron chi connectivity index (χ3n) is 10.0. The summed E-state index contributed by atoms with van der Waals surface area (Å²) in [5, 5.41) is 22.4. The van der Waals surface area contributed by atoms with Gasteiger partial charge in [-0.05, 0) is 42.7 Å². The van der Waals surface area contributed by atoms with Gasteiger partial charge in [0.1, 0.15) is 6.04 Å². The van der Waals surface area contributed by atoms with Crippen LogP contribution >= 0.6 is 11.3 Å². The Labute approximate surface area is 313 Å². The van der Waals surface area contributed by atoms with Crippen LogP contribution in [-0.4, -0.2) is 70.4 Å². The molecule has 282 valence electrons. The molecule has 5 atom stereocenters. The first kappa shape index (κ1) is 40.7. The molecule has 10 nitrogen and oxygen atoms in total. The molecule has 4 unspecified atom stereocenters. The van der Waals surface area contributed by atoms with Crippen LogP contribution in [0.1, 0.15) is 88.5 Å². The van der Waals surface area contributed by atoms with Crippen molar-refractivity contribution < 1.29 is 24.3 Å². The summed E-state index contributed by atoms with van der Waals surface area (Å²) in [4.78, 5) is 60.6. The third kappa shape index (κ3) is 13.5. The van der Waals surface area contributed by atoms with E-state index >= 15 is 0 Å². The largest absolute Gasteiger partial charge is 0.391 e. The third-order valence-corrected chi connectivity index (χ3v) is 10.7. The summed E-state index contributed by atoms with van der Waals surface area (Å²) >= 11 is 1.41. The maximum atomic E-state index is 14.2. The zero-order chi connectivity index (χ0) is 37.3. The van der Waals surface area contributed by atoms with Gasteiger partial charge in [-0.15, -0.1) is 11.3 Å². The van der Waals surface area contributed by atoms with Gasteiger partial charge in [0.15, 0.2) is 0 Å². The first-order valence-electron chi connectivity index (χ1n) is 18.9. The van der Waals surface area contributed by atoms with Crippen LogP contribution in [0.3, 0.4) is 0 Å². The summed E-state index contributed by atoms with van der Waals surface area (Å²) in [6.45, 7) is 4.77. The molecule has 0 radical (unpaired) electrons. The van der Waals surface area contributed by atoms with Gasteiger partial charge in [0.2, 0.25) is 23.6 Å². The van der Waals surface area contributed by atoms with Crippen molar-refractivity contribution in [3.8, 4) is 0 Å². The molecule has 2 aromatic carbocycles. The number of aromatic nitrogens is 1. The van der Waals surface area contributed by atoms with Gasteiger partial charge in [0.25, 0.3) is 0 Å². The molecule has 0 aliphatic heterocycles. The Hall–Kier alpha value is -4.09. The van der Waals surface area contributed by atoms with Gasteiger partial charge in [0.05, 0.1) is 29.3 Å². The van der Waals surface area contributed by atoms with Crippen molar-refractivity contribution in [1.82, 2.24) is 25.8 Å². The Morgan fingerprint density at radius 1 is 0.904 bits per heavy atom. The van der Waals surface area contributed by atoms with Crippen LogP contribution in [0.15, 0.2) is 71.6 Å². The Bertz CT molecular complexity index is 1520. The van der Waals surface area contributed by atoms with E-state index in [2.05, 4.69) is 20.9 Å². The van der Waals surface area contributed by atoms with Gasteiger partial charge in [-0.1, -0.05) is 107 Å². The Balaban J connectivity index is 1.53. The smallest absolute Gasteiger partial charge is 0.243 e. The summed E-state index contributed by atoms with van der Waals surface area (Å²) in [5.74, 6) is -1.93. The molecule has 4 N–H and O–H groups in total. The number of aliphatic hydroxyl groups is 1. The number of hydrogen-bond donors (Lipinski definition) is 4. The van der Waals surface area contributed by atoms with E-state index in [-0.39, 0.29) is 31.1 Å². The highest BCUT2D eigenvalue weighted by atomic mass is 32.1. The topological polar surface area (TPSA) is 141 Å². The van der Waals surface area contributed by atoms with Gasteiger partial charge in [0, 0.05) is 44.3 Å². The van der Waals surface area contributed by atoms with E-state index in [0.29, 0.717) is 37.5 Å². The van der Waals surface area contributed by atoms with Crippen molar-refractivity contribution in [2.24, 2.45) is 17.8 Å². The molecule has 1 aromatic heterocycles. The molecule has 11 heteroatoms. The van der Waals surface area contributed by atoms with E-state index in [1.54, 1.807) is 24.4 Å². The van der Waals surface area contributed by atoms with E-state index in [9.17, 15) is 24.3 Å². The second-order valence-corrected chi connectivity index (χ2v) is 15.1. The van der Waals surface area contributed by atoms with E-state index in [4.69, 9.17) is 0 Å². The minimum absolute atomic E-state index is 0.0316. The molecule has 4 amide bonds. The van der Waals surface area contributed by atoms with Gasteiger partial charge < -0.3 is 26.0 Å². The lowest BCUT2D eigenvalue weighted by atomic mass is 9.82. The molecule has 3 aromatic rings. The Kier molecular flexibility index (Phi) is 16.8. The van der Waals surface area contributed by atoms with Gasteiger partial charge in [-0.3, -0.25) is 19.2 Å². The lowest BCUT2D eigenvalue weighted by molar-refractivity contribution is -0.137. The lowest BCUT2D eigenvalue weighted by Gasteiger charge is -2.32. The monoisotopic (exact) mass is 731 g/mol. The normalized spacial score (nSPS) is 16.2. The van der Waals surface area contributed by atoms with Crippen LogP contribution in [0.5, 0.6) is 0 Å². The van der Waals surface area contributed by atoms with E-state index < -0.39 is 41.8 Å². The molecule has 1 aliphatic rings. The van der Waals surface area contributed by atoms with E-state index in [1.807, 2.05) is 73.0 Å². The maximum Gasteiger partial charge on any atom is 0.243 e. The highest BCUT2D eigenvalue weighted by Gasteiger charge is 2.33. The molecule has 52 heavy (non-hydrogen) atoms. The van der Waals surface area contributed by atoms with E-state index in [0.717, 1.165) is 43.2 Å². The molecule has 4 rings (SSSR count). The van der Waals surface area contributed by atoms with Crippen LogP contribution in [-0.2, 0) is 38.6 Å². The highest BCUT2D eigenvalue weighted by Crippen LogP contribution is 2.29. The minimum atomic E-state index is -0.989. The quantitative estimate of drug-likeness (QED) is 0.122. The molecular weight excluding hydrogens is 675 g/mol. The SMILES string of the molecule is CCCNC(=O)C(C)CC(O)C(CC1CCCCC1)NC(=O)[C@H](Cc1cscn1)NC(=O)C(CC(=O)N(C)Cc1ccccc1)Cc1ccccc1. The number of amides is 4. The number of benzene rings is 2. The number of carbonyl (C=O) groups excluding carboxylic acids is 4. The van der Waals surface area contributed by atoms with Gasteiger partial charge in [-0.25, -0.2) is 4.98 Å². The molecule has 1 heterocycles. The van der Waals surface area contributed by atoms with Crippen molar-refractivity contribution in [1.29, 1.82) is 0 Å². The highest BCUT2D eigenvalue weighted by molar-refractivity contribution is 7.07. The Morgan fingerprint density at radius 3 is 2.21 bits per heavy atom. The van der Waals surface area contributed by atoms with Crippen LogP contribution in [0.4, 0.5) is 0 Å². The molecule has 0 saturated heterocycles. The zero-order valence-electron chi connectivity index (χ0n) is 31.0. The zero-order valence-corrected chi connectivity index (χ0v) is 31.8. The van der Waals surface area contributed by atoms with Crippen LogP contribution < -0.4 is 16.0 Å². The number of hydrogen-bond acceptors (Lipinski definition) is 7. The van der Waals surface area contributed by atoms with Crippen LogP contribution in [0.2, 0.25) is 0 Å². The lowest BCUT2D eigenvalue weighted by Crippen LogP contribution is -2.55. The number of aliphatic hydroxyl groups excluding tert-OH is 1. The fraction of sp³-hybridized carbons (Fsp3) is 0.537.